The van der Waals surface area contributed by atoms with Gasteiger partial charge in [0.15, 0.2) is 0 Å². The van der Waals surface area contributed by atoms with Crippen molar-refractivity contribution in [2.45, 2.75) is 39.3 Å². The van der Waals surface area contributed by atoms with Crippen LogP contribution in [0.3, 0.4) is 0 Å². The predicted molar refractivity (Wildman–Crippen MR) is 132 cm³/mol. The molecule has 1 amide bonds. The maximum atomic E-state index is 12.8. The molecule has 35 heavy (non-hydrogen) atoms. The van der Waals surface area contributed by atoms with Gasteiger partial charge in [-0.15, -0.1) is 0 Å². The first-order valence-electron chi connectivity index (χ1n) is 11.2. The molecule has 0 bridgehead atoms. The van der Waals surface area contributed by atoms with E-state index in [1.165, 1.54) is 12.1 Å². The maximum absolute atomic E-state index is 12.8. The molecule has 0 radical (unpaired) electrons. The first-order valence-corrected chi connectivity index (χ1v) is 11.2. The van der Waals surface area contributed by atoms with Gasteiger partial charge in [-0.3, -0.25) is 10.1 Å². The average molecular weight is 477 g/mol. The number of nitro groups is 1. The molecular formula is C27H28N2O6. The maximum Gasteiger partial charge on any atom is 0.410 e. The summed E-state index contributed by atoms with van der Waals surface area (Å²) in [5.41, 5.74) is 1.86. The summed E-state index contributed by atoms with van der Waals surface area (Å²) in [7, 11) is 0. The number of amides is 1. The summed E-state index contributed by atoms with van der Waals surface area (Å²) in [4.78, 5) is 36.5. The van der Waals surface area contributed by atoms with E-state index in [0.29, 0.717) is 30.6 Å². The summed E-state index contributed by atoms with van der Waals surface area (Å²) in [6.45, 7) is 6.32. The topological polar surface area (TPSA) is 110 Å². The van der Waals surface area contributed by atoms with Crippen LogP contribution < -0.4 is 0 Å². The number of benzene rings is 3. The normalized spacial score (nSPS) is 11.1. The number of carbonyl (C=O) groups is 2. The van der Waals surface area contributed by atoms with E-state index in [2.05, 4.69) is 0 Å². The molecule has 0 spiro atoms. The van der Waals surface area contributed by atoms with Crippen LogP contribution >= 0.6 is 0 Å². The van der Waals surface area contributed by atoms with Crippen LogP contribution in [0.25, 0.3) is 11.1 Å². The minimum Gasteiger partial charge on any atom is -0.478 e. The largest absolute Gasteiger partial charge is 0.478 e. The van der Waals surface area contributed by atoms with Crippen LogP contribution in [0.5, 0.6) is 0 Å². The molecule has 0 fully saturated rings. The van der Waals surface area contributed by atoms with E-state index in [4.69, 9.17) is 9.84 Å². The molecule has 3 aromatic rings. The highest BCUT2D eigenvalue weighted by Crippen LogP contribution is 2.31. The number of carboxylic acids is 1. The summed E-state index contributed by atoms with van der Waals surface area (Å²) in [5.74, 6) is -1.22. The molecule has 3 aromatic carbocycles. The molecule has 0 aliphatic rings. The van der Waals surface area contributed by atoms with E-state index in [1.807, 2.05) is 63.2 Å². The van der Waals surface area contributed by atoms with Gasteiger partial charge in [0.05, 0.1) is 16.1 Å². The fraction of sp³-hybridized carbons (Fsp3) is 0.259. The van der Waals surface area contributed by atoms with Crippen molar-refractivity contribution in [1.29, 1.82) is 0 Å². The fourth-order valence-corrected chi connectivity index (χ4v) is 3.54. The second-order valence-electron chi connectivity index (χ2n) is 9.13. The number of ether oxygens (including phenoxy) is 1. The SMILES string of the molecule is CC(C)(C)OC(=O)N(CCc1ccc(-c2ccc(C(=O)O)cc2[N+](=O)[O-])cc1)Cc1ccccc1. The lowest BCUT2D eigenvalue weighted by Crippen LogP contribution is -2.37. The lowest BCUT2D eigenvalue weighted by molar-refractivity contribution is -0.384. The highest BCUT2D eigenvalue weighted by Gasteiger charge is 2.22. The quantitative estimate of drug-likeness (QED) is 0.318. The van der Waals surface area contributed by atoms with Crippen LogP contribution in [0.15, 0.2) is 72.8 Å². The van der Waals surface area contributed by atoms with Gasteiger partial charge < -0.3 is 14.7 Å². The zero-order valence-electron chi connectivity index (χ0n) is 19.9. The van der Waals surface area contributed by atoms with Crippen molar-refractivity contribution in [1.82, 2.24) is 4.90 Å². The lowest BCUT2D eigenvalue weighted by atomic mass is 9.99. The van der Waals surface area contributed by atoms with Gasteiger partial charge in [-0.25, -0.2) is 9.59 Å². The molecule has 182 valence electrons. The van der Waals surface area contributed by atoms with Crippen LogP contribution in [0.4, 0.5) is 10.5 Å². The van der Waals surface area contributed by atoms with Crippen LogP contribution in [0, 0.1) is 10.1 Å². The Bertz CT molecular complexity index is 1200. The molecule has 0 aliphatic carbocycles. The summed E-state index contributed by atoms with van der Waals surface area (Å²) in [5, 5.41) is 20.6. The molecule has 0 aliphatic heterocycles. The Morgan fingerprint density at radius 3 is 2.20 bits per heavy atom. The molecule has 0 heterocycles. The summed E-state index contributed by atoms with van der Waals surface area (Å²) >= 11 is 0. The van der Waals surface area contributed by atoms with Gasteiger partial charge in [0, 0.05) is 19.2 Å². The van der Waals surface area contributed by atoms with Gasteiger partial charge in [0.25, 0.3) is 5.69 Å². The van der Waals surface area contributed by atoms with E-state index in [1.54, 1.807) is 17.0 Å². The number of nitro benzene ring substituents is 1. The van der Waals surface area contributed by atoms with Crippen molar-refractivity contribution in [2.24, 2.45) is 0 Å². The zero-order chi connectivity index (χ0) is 25.6. The Balaban J connectivity index is 1.77. The Morgan fingerprint density at radius 2 is 1.63 bits per heavy atom. The van der Waals surface area contributed by atoms with Crippen LogP contribution in [-0.2, 0) is 17.7 Å². The van der Waals surface area contributed by atoms with E-state index < -0.39 is 22.6 Å². The molecule has 0 unspecified atom stereocenters. The average Bonchev–Trinajstić information content (AvgIpc) is 2.81. The minimum absolute atomic E-state index is 0.141. The van der Waals surface area contributed by atoms with Gasteiger partial charge in [0.1, 0.15) is 5.60 Å². The number of nitrogens with zero attached hydrogens (tertiary/aromatic N) is 2. The number of carbonyl (C=O) groups excluding carboxylic acids is 1. The molecule has 0 saturated heterocycles. The van der Waals surface area contributed by atoms with Crippen molar-refractivity contribution in [2.75, 3.05) is 6.54 Å². The molecule has 8 heteroatoms. The molecule has 0 atom stereocenters. The summed E-state index contributed by atoms with van der Waals surface area (Å²) < 4.78 is 5.58. The zero-order valence-corrected chi connectivity index (χ0v) is 19.9. The monoisotopic (exact) mass is 476 g/mol. The van der Waals surface area contributed by atoms with Crippen molar-refractivity contribution in [3.05, 3.63) is 99.6 Å². The molecular weight excluding hydrogens is 448 g/mol. The van der Waals surface area contributed by atoms with Gasteiger partial charge in [0.2, 0.25) is 0 Å². The lowest BCUT2D eigenvalue weighted by Gasteiger charge is -2.27. The highest BCUT2D eigenvalue weighted by molar-refractivity contribution is 5.90. The van der Waals surface area contributed by atoms with Gasteiger partial charge in [-0.2, -0.15) is 0 Å². The number of rotatable bonds is 8. The van der Waals surface area contributed by atoms with Gasteiger partial charge >= 0.3 is 12.1 Å². The number of aromatic carboxylic acids is 1. The third-order valence-corrected chi connectivity index (χ3v) is 5.24. The Kier molecular flexibility index (Phi) is 7.86. The van der Waals surface area contributed by atoms with Crippen molar-refractivity contribution >= 4 is 17.7 Å². The van der Waals surface area contributed by atoms with E-state index in [-0.39, 0.29) is 11.3 Å². The molecule has 1 N–H and O–H groups in total. The molecule has 3 rings (SSSR count). The second kappa shape index (κ2) is 10.8. The summed E-state index contributed by atoms with van der Waals surface area (Å²) in [6.07, 6.45) is 0.166. The third-order valence-electron chi connectivity index (χ3n) is 5.24. The van der Waals surface area contributed by atoms with Crippen molar-refractivity contribution in [3.63, 3.8) is 0 Å². The third kappa shape index (κ3) is 7.14. The Labute approximate surface area is 203 Å². The number of hydrogen-bond acceptors (Lipinski definition) is 5. The van der Waals surface area contributed by atoms with Crippen LogP contribution in [-0.4, -0.2) is 39.1 Å². The van der Waals surface area contributed by atoms with E-state index in [9.17, 15) is 19.7 Å². The summed E-state index contributed by atoms with van der Waals surface area (Å²) in [6, 6.07) is 20.7. The smallest absolute Gasteiger partial charge is 0.410 e. The van der Waals surface area contributed by atoms with Crippen LogP contribution in [0.1, 0.15) is 42.3 Å². The molecule has 0 aromatic heterocycles. The molecule has 8 nitrogen and oxygen atoms in total. The second-order valence-corrected chi connectivity index (χ2v) is 9.13. The van der Waals surface area contributed by atoms with Gasteiger partial charge in [-0.05, 0) is 56.0 Å². The van der Waals surface area contributed by atoms with E-state index >= 15 is 0 Å². The van der Waals surface area contributed by atoms with Crippen LogP contribution in [0.2, 0.25) is 0 Å². The first-order chi connectivity index (χ1) is 16.5. The van der Waals surface area contributed by atoms with Gasteiger partial charge in [-0.1, -0.05) is 54.6 Å². The fourth-order valence-electron chi connectivity index (χ4n) is 3.54. The van der Waals surface area contributed by atoms with E-state index in [0.717, 1.165) is 17.2 Å². The standard InChI is InChI=1S/C27H28N2O6/c1-27(2,3)35-26(32)28(18-20-7-5-4-6-8-20)16-15-19-9-11-21(12-10-19)23-14-13-22(25(30)31)17-24(23)29(33)34/h4-14,17H,15-16,18H2,1-3H3,(H,30,31). The van der Waals surface area contributed by atoms with Crippen molar-refractivity contribution < 1.29 is 24.4 Å². The number of carboxylic acid groups (broad SMARTS) is 1. The Morgan fingerprint density at radius 1 is 0.971 bits per heavy atom. The number of hydrogen-bond donors (Lipinski definition) is 1. The first kappa shape index (κ1) is 25.4. The molecule has 0 saturated carbocycles. The predicted octanol–water partition coefficient (Wildman–Crippen LogP) is 5.94. The van der Waals surface area contributed by atoms with Crippen molar-refractivity contribution in [3.8, 4) is 11.1 Å². The Hall–Kier alpha value is -4.20. The minimum atomic E-state index is -1.22. The highest BCUT2D eigenvalue weighted by atomic mass is 16.6.